The van der Waals surface area contributed by atoms with Gasteiger partial charge in [0.2, 0.25) is 5.91 Å². The van der Waals surface area contributed by atoms with E-state index in [-0.39, 0.29) is 34.3 Å². The molecule has 7 N–H and O–H groups in total. The second-order valence-corrected chi connectivity index (χ2v) is 28.8. The number of aliphatic hydroxyl groups is 5. The van der Waals surface area contributed by atoms with E-state index in [0.717, 1.165) is 41.5 Å². The Morgan fingerprint density at radius 1 is 0.765 bits per heavy atom. The molecule has 0 spiro atoms. The van der Waals surface area contributed by atoms with Crippen molar-refractivity contribution in [2.24, 2.45) is 16.7 Å². The average molecular weight is 1370 g/mol. The number of carboxylic acid groups (broad SMARTS) is 1. The summed E-state index contributed by atoms with van der Waals surface area (Å²) >= 11 is 0. The molecule has 27 nitrogen and oxygen atoms in total. The molecule has 3 aromatic carbocycles. The maximum Gasteiger partial charge on any atom is 0.338 e. The topological polar surface area (TPSA) is 386 Å². The van der Waals surface area contributed by atoms with Crippen LogP contribution in [0.15, 0.2) is 102 Å². The number of aliphatic carboxylic acids is 1. The van der Waals surface area contributed by atoms with E-state index in [9.17, 15) is 59.4 Å². The van der Waals surface area contributed by atoms with Gasteiger partial charge in [0.05, 0.1) is 54.3 Å². The molecule has 3 aliphatic carbocycles. The standard InChI is InChI=1S/C71H92N2O25/c1-37-45(33-71(87)54(94-56(80)44-30-24-19-25-31-44)52-63(9,46(77)32-47-70(52,35-90-47)96-41(5)76)53(78)50(92-40(4)75)48(37)61(71,6)7)93-57(81)51(49(42-26-20-17-21-27-42)72-55(79)43-28-22-18-23-29-43)91-36-89-34-62(8)58(82)66(12,88-16)64(10,73-39(3)74)60(97-62)98-69(15)67(13,59(83)84)95-38(2)65(11,85)68(69,14)86/h17-31,38,45-47,49-52,54,58,60,77,82,85-87H,32-36H2,1-16H3,(H,72,79)(H,73,74)(H,83,84)/p-1/t38?,45?,46-,47+,49?,50+,51+,52-,54-,58?,60?,62?,63+,64?,65?,66?,67?,68?,69?,70-,71+/m0/s1. The first-order chi connectivity index (χ1) is 45.5. The lowest BCUT2D eigenvalue weighted by Gasteiger charge is -2.67. The lowest BCUT2D eigenvalue weighted by atomic mass is 9.44. The number of amides is 2. The van der Waals surface area contributed by atoms with Gasteiger partial charge in [0.1, 0.15) is 76.0 Å². The number of aliphatic hydroxyl groups excluding tert-OH is 2. The summed E-state index contributed by atoms with van der Waals surface area (Å²) in [5.74, 6) is -10.0. The van der Waals surface area contributed by atoms with Gasteiger partial charge in [-0.15, -0.1) is 0 Å². The summed E-state index contributed by atoms with van der Waals surface area (Å²) in [5.41, 5.74) is -24.3. The quantitative estimate of drug-likeness (QED) is 0.0281. The third-order valence-corrected chi connectivity index (χ3v) is 22.8. The number of hydrogen-bond acceptors (Lipinski definition) is 25. The largest absolute Gasteiger partial charge is 0.547 e. The first-order valence-electron chi connectivity index (χ1n) is 32.4. The Balaban J connectivity index is 1.15. The van der Waals surface area contributed by atoms with Gasteiger partial charge in [0.25, 0.3) is 5.91 Å². The van der Waals surface area contributed by atoms with Crippen molar-refractivity contribution in [2.75, 3.05) is 27.1 Å². The number of fused-ring (bicyclic) bond motifs is 5. The van der Waals surface area contributed by atoms with Crippen molar-refractivity contribution >= 4 is 47.4 Å². The molecular formula is C71H91N2O25-. The van der Waals surface area contributed by atoms with Crippen LogP contribution >= 0.6 is 0 Å². The summed E-state index contributed by atoms with van der Waals surface area (Å²) in [4.78, 5) is 115. The van der Waals surface area contributed by atoms with Crippen LogP contribution in [0.3, 0.4) is 0 Å². The van der Waals surface area contributed by atoms with Crippen LogP contribution in [0.25, 0.3) is 0 Å². The number of nitrogens with one attached hydrogen (secondary N) is 2. The highest BCUT2D eigenvalue weighted by Crippen LogP contribution is 2.65. The Kier molecular flexibility index (Phi) is 20.3. The van der Waals surface area contributed by atoms with Gasteiger partial charge in [-0.2, -0.15) is 0 Å². The lowest BCUT2D eigenvalue weighted by molar-refractivity contribution is -0.442. The molecule has 3 saturated heterocycles. The number of Topliss-reactive ketones (excluding diaryl/α,β-unsaturated/α-hetero) is 1. The fourth-order valence-corrected chi connectivity index (χ4v) is 16.0. The number of methoxy groups -OCH3 is 1. The molecule has 21 atom stereocenters. The van der Waals surface area contributed by atoms with Gasteiger partial charge in [-0.3, -0.25) is 24.0 Å². The van der Waals surface area contributed by atoms with E-state index >= 15 is 9.59 Å². The predicted octanol–water partition coefficient (Wildman–Crippen LogP) is 2.71. The summed E-state index contributed by atoms with van der Waals surface area (Å²) in [6, 6.07) is 22.2. The zero-order valence-corrected chi connectivity index (χ0v) is 57.9. The van der Waals surface area contributed by atoms with Crippen molar-refractivity contribution in [3.63, 3.8) is 0 Å². The molecule has 3 heterocycles. The number of benzene rings is 3. The van der Waals surface area contributed by atoms with E-state index in [4.69, 9.17) is 52.1 Å². The summed E-state index contributed by atoms with van der Waals surface area (Å²) in [5, 5.41) is 82.5. The number of rotatable bonds is 20. The molecule has 2 bridgehead atoms. The molecule has 9 rings (SSSR count). The number of esters is 4. The predicted molar refractivity (Wildman–Crippen MR) is 339 cm³/mol. The van der Waals surface area contributed by atoms with E-state index in [0.29, 0.717) is 0 Å². The zero-order chi connectivity index (χ0) is 72.7. The van der Waals surface area contributed by atoms with Gasteiger partial charge in [-0.1, -0.05) is 80.6 Å². The number of carbonyl (C=O) groups excluding carboxylic acids is 8. The van der Waals surface area contributed by atoms with E-state index in [1.165, 1.54) is 93.7 Å². The van der Waals surface area contributed by atoms with Crippen LogP contribution in [-0.4, -0.2) is 206 Å². The maximum absolute atomic E-state index is 16.0. The van der Waals surface area contributed by atoms with Crippen LogP contribution in [-0.2, 0) is 80.9 Å². The third kappa shape index (κ3) is 11.8. The number of ether oxygens (including phenoxy) is 11. The molecule has 5 fully saturated rings. The summed E-state index contributed by atoms with van der Waals surface area (Å²) in [6.07, 6.45) is -16.6. The van der Waals surface area contributed by atoms with Crippen molar-refractivity contribution in [2.45, 2.75) is 228 Å². The summed E-state index contributed by atoms with van der Waals surface area (Å²) in [6.45, 7) is 17.1. The number of carboxylic acids is 1. The van der Waals surface area contributed by atoms with E-state index < -0.39 is 202 Å². The SMILES string of the molecule is COC1(C)C(O)C(C)(COCO[C@@H](C(=O)OC2C[C@@]3(O)[C@@H](OC(=O)c4ccccc4)[C@@H]4[C@]5(OC(C)=O)CO[C@@H]5C[C@H](O)[C@@]4(C)C(=O)[C@H](OC(C)=O)C(=C2C)C3(C)C)C(NC(=O)c2ccccc2)c2ccccc2)OC(OC2(C)C(C)(C(=O)[O-])OC(C)C(C)(O)C2(C)O)C1(C)NC(C)=O. The van der Waals surface area contributed by atoms with Gasteiger partial charge in [0, 0.05) is 51.7 Å². The molecule has 3 aromatic rings. The molecule has 0 radical (unpaired) electrons. The summed E-state index contributed by atoms with van der Waals surface area (Å²) in [7, 11) is 1.21. The minimum Gasteiger partial charge on any atom is -0.547 e. The summed E-state index contributed by atoms with van der Waals surface area (Å²) < 4.78 is 69.4. The second kappa shape index (κ2) is 26.4. The van der Waals surface area contributed by atoms with Crippen LogP contribution in [0.4, 0.5) is 0 Å². The molecule has 3 aliphatic heterocycles. The Bertz CT molecular complexity index is 3610. The molecule has 2 saturated carbocycles. The van der Waals surface area contributed by atoms with Crippen LogP contribution < -0.4 is 15.7 Å². The van der Waals surface area contributed by atoms with Gasteiger partial charge in [-0.25, -0.2) is 9.59 Å². The molecule has 536 valence electrons. The van der Waals surface area contributed by atoms with Crippen LogP contribution in [0.5, 0.6) is 0 Å². The molecule has 27 heteroatoms. The molecule has 2 amide bonds. The Hall–Kier alpha value is -7.12. The second-order valence-electron chi connectivity index (χ2n) is 28.8. The highest BCUT2D eigenvalue weighted by molar-refractivity contribution is 5.96. The van der Waals surface area contributed by atoms with Gasteiger partial charge in [-0.05, 0) is 110 Å². The third-order valence-electron chi connectivity index (χ3n) is 22.8. The Morgan fingerprint density at radius 3 is 1.88 bits per heavy atom. The molecule has 12 unspecified atom stereocenters. The molecule has 98 heavy (non-hydrogen) atoms. The van der Waals surface area contributed by atoms with Gasteiger partial charge < -0.3 is 98.2 Å². The highest BCUT2D eigenvalue weighted by Gasteiger charge is 2.79. The van der Waals surface area contributed by atoms with E-state index in [2.05, 4.69) is 10.6 Å². The van der Waals surface area contributed by atoms with Gasteiger partial charge in [0.15, 0.2) is 29.9 Å². The van der Waals surface area contributed by atoms with E-state index in [1.54, 1.807) is 66.7 Å². The smallest absolute Gasteiger partial charge is 0.338 e. The van der Waals surface area contributed by atoms with Crippen molar-refractivity contribution < 1.29 is 121 Å². The van der Waals surface area contributed by atoms with Crippen LogP contribution in [0.2, 0.25) is 0 Å². The number of carbonyl (C=O) groups is 8. The minimum absolute atomic E-state index is 0.00879. The zero-order valence-electron chi connectivity index (χ0n) is 57.9. The van der Waals surface area contributed by atoms with E-state index in [1.807, 2.05) is 0 Å². The average Bonchev–Trinajstić information content (AvgIpc) is 0.817. The fraction of sp³-hybridized carbons (Fsp3) is 0.606. The van der Waals surface area contributed by atoms with Crippen LogP contribution in [0.1, 0.15) is 149 Å². The normalized spacial score (nSPS) is 39.3. The van der Waals surface area contributed by atoms with Gasteiger partial charge >= 0.3 is 23.9 Å². The first kappa shape index (κ1) is 75.1. The number of ketones is 1. The van der Waals surface area contributed by atoms with Crippen molar-refractivity contribution in [3.8, 4) is 0 Å². The first-order valence-corrected chi connectivity index (χ1v) is 32.4. The van der Waals surface area contributed by atoms with Crippen molar-refractivity contribution in [3.05, 3.63) is 119 Å². The molecule has 6 aliphatic rings. The lowest BCUT2D eigenvalue weighted by Crippen LogP contribution is -2.87. The number of hydrogen-bond donors (Lipinski definition) is 7. The fourth-order valence-electron chi connectivity index (χ4n) is 16.0. The Morgan fingerprint density at radius 2 is 1.35 bits per heavy atom. The molecular weight excluding hydrogens is 1280 g/mol. The molecule has 0 aromatic heterocycles. The van der Waals surface area contributed by atoms with Crippen molar-refractivity contribution in [1.82, 2.24) is 10.6 Å². The minimum atomic E-state index is -2.59. The van der Waals surface area contributed by atoms with Crippen molar-refractivity contribution in [1.29, 1.82) is 0 Å². The Labute approximate surface area is 568 Å². The highest BCUT2D eigenvalue weighted by atomic mass is 16.7. The monoisotopic (exact) mass is 1370 g/mol. The maximum atomic E-state index is 16.0. The van der Waals surface area contributed by atoms with Crippen LogP contribution in [0, 0.1) is 16.7 Å².